The first-order valence-electron chi connectivity index (χ1n) is 5.60. The van der Waals surface area contributed by atoms with Gasteiger partial charge in [0.25, 0.3) is 0 Å². The number of halogens is 2. The summed E-state index contributed by atoms with van der Waals surface area (Å²) in [5.74, 6) is 0.108. The Morgan fingerprint density at radius 3 is 2.39 bits per heavy atom. The number of alkyl halides is 2. The second kappa shape index (κ2) is 7.25. The summed E-state index contributed by atoms with van der Waals surface area (Å²) in [5.41, 5.74) is 0.877. The number of aliphatic hydroxyl groups is 2. The van der Waals surface area contributed by atoms with Gasteiger partial charge in [-0.05, 0) is 24.6 Å². The fraction of sp³-hybridized carbons (Fsp3) is 0.500. The highest BCUT2D eigenvalue weighted by molar-refractivity contribution is 5.28. The van der Waals surface area contributed by atoms with Gasteiger partial charge in [0.1, 0.15) is 5.75 Å². The lowest BCUT2D eigenvalue weighted by Crippen LogP contribution is -2.31. The Morgan fingerprint density at radius 1 is 1.28 bits per heavy atom. The Balaban J connectivity index is 2.50. The minimum atomic E-state index is -2.83. The first-order valence-corrected chi connectivity index (χ1v) is 5.60. The molecular formula is C12H17F2NO3. The number of hydrogen-bond acceptors (Lipinski definition) is 4. The van der Waals surface area contributed by atoms with Crippen molar-refractivity contribution in [1.29, 1.82) is 0 Å². The van der Waals surface area contributed by atoms with Gasteiger partial charge in [0, 0.05) is 12.6 Å². The van der Waals surface area contributed by atoms with Crippen molar-refractivity contribution in [2.75, 3.05) is 13.2 Å². The van der Waals surface area contributed by atoms with Crippen LogP contribution in [0.3, 0.4) is 0 Å². The molecule has 0 heterocycles. The summed E-state index contributed by atoms with van der Waals surface area (Å²) in [4.78, 5) is 0. The zero-order valence-corrected chi connectivity index (χ0v) is 10.0. The normalized spacial score (nSPS) is 14.6. The van der Waals surface area contributed by atoms with Gasteiger partial charge in [-0.1, -0.05) is 12.1 Å². The van der Waals surface area contributed by atoms with Crippen LogP contribution in [0, 0.1) is 0 Å². The first-order chi connectivity index (χ1) is 8.52. The van der Waals surface area contributed by atoms with Crippen molar-refractivity contribution >= 4 is 0 Å². The smallest absolute Gasteiger partial charge is 0.387 e. The van der Waals surface area contributed by atoms with Crippen LogP contribution in [-0.4, -0.2) is 36.1 Å². The maximum atomic E-state index is 11.9. The fourth-order valence-corrected chi connectivity index (χ4v) is 1.43. The van der Waals surface area contributed by atoms with Crippen molar-refractivity contribution in [2.24, 2.45) is 0 Å². The summed E-state index contributed by atoms with van der Waals surface area (Å²) >= 11 is 0. The number of rotatable bonds is 7. The zero-order valence-electron chi connectivity index (χ0n) is 10.0. The van der Waals surface area contributed by atoms with E-state index >= 15 is 0 Å². The molecule has 2 atom stereocenters. The van der Waals surface area contributed by atoms with Crippen LogP contribution in [0.15, 0.2) is 24.3 Å². The highest BCUT2D eigenvalue weighted by atomic mass is 19.3. The van der Waals surface area contributed by atoms with Crippen LogP contribution in [-0.2, 0) is 0 Å². The Labute approximate surface area is 104 Å². The van der Waals surface area contributed by atoms with Crippen LogP contribution in [0.5, 0.6) is 5.75 Å². The van der Waals surface area contributed by atoms with E-state index in [2.05, 4.69) is 10.1 Å². The molecule has 0 aliphatic rings. The van der Waals surface area contributed by atoms with E-state index in [9.17, 15) is 13.9 Å². The van der Waals surface area contributed by atoms with E-state index in [-0.39, 0.29) is 24.9 Å². The van der Waals surface area contributed by atoms with Gasteiger partial charge in [0.15, 0.2) is 0 Å². The van der Waals surface area contributed by atoms with E-state index in [1.54, 1.807) is 12.1 Å². The van der Waals surface area contributed by atoms with Gasteiger partial charge in [-0.15, -0.1) is 0 Å². The van der Waals surface area contributed by atoms with Crippen molar-refractivity contribution in [3.63, 3.8) is 0 Å². The van der Waals surface area contributed by atoms with Crippen molar-refractivity contribution in [2.45, 2.75) is 25.7 Å². The largest absolute Gasteiger partial charge is 0.435 e. The minimum Gasteiger partial charge on any atom is -0.435 e. The molecule has 0 aliphatic heterocycles. The van der Waals surface area contributed by atoms with Crippen LogP contribution in [0.4, 0.5) is 8.78 Å². The summed E-state index contributed by atoms with van der Waals surface area (Å²) in [6.45, 7) is -1.01. The number of benzene rings is 1. The predicted octanol–water partition coefficient (Wildman–Crippen LogP) is 1.29. The number of ether oxygens (including phenoxy) is 1. The van der Waals surface area contributed by atoms with E-state index in [0.717, 1.165) is 5.56 Å². The molecule has 0 aliphatic carbocycles. The Bertz CT molecular complexity index is 346. The maximum absolute atomic E-state index is 11.9. The zero-order chi connectivity index (χ0) is 13.5. The van der Waals surface area contributed by atoms with Crippen LogP contribution < -0.4 is 10.1 Å². The molecule has 2 unspecified atom stereocenters. The van der Waals surface area contributed by atoms with Gasteiger partial charge in [0.2, 0.25) is 0 Å². The molecule has 0 bridgehead atoms. The van der Waals surface area contributed by atoms with Gasteiger partial charge in [0.05, 0.1) is 12.7 Å². The highest BCUT2D eigenvalue weighted by Crippen LogP contribution is 2.18. The lowest BCUT2D eigenvalue weighted by atomic mass is 10.1. The molecule has 0 amide bonds. The van der Waals surface area contributed by atoms with Crippen LogP contribution in [0.1, 0.15) is 18.5 Å². The van der Waals surface area contributed by atoms with E-state index in [1.807, 2.05) is 6.92 Å². The molecule has 6 heteroatoms. The molecule has 0 aromatic heterocycles. The van der Waals surface area contributed by atoms with Gasteiger partial charge >= 0.3 is 6.61 Å². The van der Waals surface area contributed by atoms with E-state index < -0.39 is 12.7 Å². The highest BCUT2D eigenvalue weighted by Gasteiger charge is 2.09. The van der Waals surface area contributed by atoms with Gasteiger partial charge in [-0.3, -0.25) is 0 Å². The third-order valence-corrected chi connectivity index (χ3v) is 2.48. The molecule has 4 nitrogen and oxygen atoms in total. The van der Waals surface area contributed by atoms with E-state index in [0.29, 0.717) is 0 Å². The molecule has 0 spiro atoms. The minimum absolute atomic E-state index is 0.0631. The molecule has 0 saturated carbocycles. The average Bonchev–Trinajstić information content (AvgIpc) is 2.35. The Hall–Kier alpha value is -1.24. The van der Waals surface area contributed by atoms with Crippen LogP contribution in [0.2, 0.25) is 0 Å². The van der Waals surface area contributed by atoms with Gasteiger partial charge in [-0.2, -0.15) is 8.78 Å². The van der Waals surface area contributed by atoms with Crippen molar-refractivity contribution in [1.82, 2.24) is 5.32 Å². The topological polar surface area (TPSA) is 61.7 Å². The van der Waals surface area contributed by atoms with Crippen molar-refractivity contribution < 1.29 is 23.7 Å². The molecule has 1 aromatic rings. The third kappa shape index (κ3) is 4.95. The lowest BCUT2D eigenvalue weighted by molar-refractivity contribution is -0.0498. The predicted molar refractivity (Wildman–Crippen MR) is 62.6 cm³/mol. The summed E-state index contributed by atoms with van der Waals surface area (Å²) in [5, 5.41) is 20.9. The molecule has 1 rings (SSSR count). The summed E-state index contributed by atoms with van der Waals surface area (Å²) in [7, 11) is 0. The second-order valence-corrected chi connectivity index (χ2v) is 3.91. The maximum Gasteiger partial charge on any atom is 0.387 e. The van der Waals surface area contributed by atoms with Crippen LogP contribution >= 0.6 is 0 Å². The summed E-state index contributed by atoms with van der Waals surface area (Å²) in [6, 6.07) is 6.19. The fourth-order valence-electron chi connectivity index (χ4n) is 1.43. The van der Waals surface area contributed by atoms with Crippen molar-refractivity contribution in [3.05, 3.63) is 29.8 Å². The standard InChI is InChI=1S/C12H17F2NO3/c1-8(15-6-10(17)7-16)9-2-4-11(5-3-9)18-12(13)14/h2-5,8,10,12,15-17H,6-7H2,1H3. The Morgan fingerprint density at radius 2 is 1.89 bits per heavy atom. The summed E-state index contributed by atoms with van der Waals surface area (Å²) < 4.78 is 28.1. The van der Waals surface area contributed by atoms with E-state index in [4.69, 9.17) is 5.11 Å². The molecule has 0 radical (unpaired) electrons. The molecule has 3 N–H and O–H groups in total. The van der Waals surface area contributed by atoms with Crippen LogP contribution in [0.25, 0.3) is 0 Å². The van der Waals surface area contributed by atoms with Crippen molar-refractivity contribution in [3.8, 4) is 5.75 Å². The quantitative estimate of drug-likeness (QED) is 0.692. The lowest BCUT2D eigenvalue weighted by Gasteiger charge is -2.16. The monoisotopic (exact) mass is 261 g/mol. The second-order valence-electron chi connectivity index (χ2n) is 3.91. The third-order valence-electron chi connectivity index (χ3n) is 2.48. The summed E-state index contributed by atoms with van der Waals surface area (Å²) in [6.07, 6.45) is -0.811. The Kier molecular flexibility index (Phi) is 5.97. The SMILES string of the molecule is CC(NCC(O)CO)c1ccc(OC(F)F)cc1. The molecular weight excluding hydrogens is 244 g/mol. The number of nitrogens with one attached hydrogen (secondary N) is 1. The molecule has 18 heavy (non-hydrogen) atoms. The average molecular weight is 261 g/mol. The van der Waals surface area contributed by atoms with E-state index in [1.165, 1.54) is 12.1 Å². The first kappa shape index (κ1) is 14.8. The van der Waals surface area contributed by atoms with Gasteiger partial charge in [-0.25, -0.2) is 0 Å². The number of aliphatic hydroxyl groups excluding tert-OH is 2. The van der Waals surface area contributed by atoms with Gasteiger partial charge < -0.3 is 20.3 Å². The molecule has 0 saturated heterocycles. The molecule has 1 aromatic carbocycles. The molecule has 102 valence electrons. The number of hydrogen-bond donors (Lipinski definition) is 3. The molecule has 0 fully saturated rings.